The molecule has 118 valence electrons. The summed E-state index contributed by atoms with van der Waals surface area (Å²) in [6, 6.07) is 2.96. The maximum absolute atomic E-state index is 12.3. The minimum atomic E-state index is -4.43. The van der Waals surface area contributed by atoms with Crippen molar-refractivity contribution in [2.24, 2.45) is 0 Å². The van der Waals surface area contributed by atoms with E-state index in [1.165, 1.54) is 18.3 Å². The van der Waals surface area contributed by atoms with Crippen molar-refractivity contribution in [2.75, 3.05) is 4.90 Å². The zero-order valence-electron chi connectivity index (χ0n) is 11.0. The van der Waals surface area contributed by atoms with Gasteiger partial charge in [-0.05, 0) is 6.07 Å². The van der Waals surface area contributed by atoms with Crippen molar-refractivity contribution in [3.63, 3.8) is 0 Å². The Labute approximate surface area is 122 Å². The van der Waals surface area contributed by atoms with E-state index in [9.17, 15) is 28.6 Å². The van der Waals surface area contributed by atoms with E-state index >= 15 is 0 Å². The number of nitrogens with zero attached hydrogens (tertiary/aromatic N) is 4. The lowest BCUT2D eigenvalue weighted by Crippen LogP contribution is -2.37. The Kier molecular flexibility index (Phi) is 3.22. The molecule has 7 nitrogen and oxygen atoms in total. The van der Waals surface area contributed by atoms with Gasteiger partial charge in [0.25, 0.3) is 5.69 Å². The van der Waals surface area contributed by atoms with Crippen LogP contribution in [-0.4, -0.2) is 31.4 Å². The van der Waals surface area contributed by atoms with Gasteiger partial charge in [0.15, 0.2) is 6.23 Å². The first-order valence-electron chi connectivity index (χ1n) is 6.25. The number of pyridine rings is 1. The third kappa shape index (κ3) is 2.35. The zero-order valence-corrected chi connectivity index (χ0v) is 11.0. The maximum atomic E-state index is 12.3. The number of aliphatic hydroxyl groups excluding tert-OH is 2. The summed E-state index contributed by atoms with van der Waals surface area (Å²) in [7, 11) is 0. The summed E-state index contributed by atoms with van der Waals surface area (Å²) in [4.78, 5) is 1.05. The third-order valence-electron chi connectivity index (χ3n) is 3.35. The lowest BCUT2D eigenvalue weighted by atomic mass is 10.2. The van der Waals surface area contributed by atoms with Gasteiger partial charge < -0.3 is 15.1 Å². The summed E-state index contributed by atoms with van der Waals surface area (Å²) < 4.78 is 38.3. The molecule has 0 spiro atoms. The summed E-state index contributed by atoms with van der Waals surface area (Å²) in [5, 5.41) is 33.7. The SMILES string of the molecule is OC1c2ccc[n+](O)c2C(O)N1c1cnn(CC(F)(F)F)c1. The lowest BCUT2D eigenvalue weighted by Gasteiger charge is -2.23. The topological polar surface area (TPSA) is 85.6 Å². The summed E-state index contributed by atoms with van der Waals surface area (Å²) in [6.07, 6.45) is -3.72. The summed E-state index contributed by atoms with van der Waals surface area (Å²) >= 11 is 0. The summed E-state index contributed by atoms with van der Waals surface area (Å²) in [5.41, 5.74) is 0.389. The fourth-order valence-electron chi connectivity index (χ4n) is 2.47. The Bertz CT molecular complexity index is 703. The van der Waals surface area contributed by atoms with Gasteiger partial charge in [-0.2, -0.15) is 18.3 Å². The highest BCUT2D eigenvalue weighted by molar-refractivity contribution is 5.50. The smallest absolute Gasteiger partial charge is 0.369 e. The zero-order chi connectivity index (χ0) is 16.1. The number of fused-ring (bicyclic) bond motifs is 1. The Morgan fingerprint density at radius 1 is 1.27 bits per heavy atom. The molecule has 2 atom stereocenters. The van der Waals surface area contributed by atoms with Crippen molar-refractivity contribution < 1.29 is 33.3 Å². The quantitative estimate of drug-likeness (QED) is 0.554. The largest absolute Gasteiger partial charge is 0.408 e. The maximum Gasteiger partial charge on any atom is 0.408 e. The van der Waals surface area contributed by atoms with Crippen LogP contribution in [0.25, 0.3) is 0 Å². The average Bonchev–Trinajstić information content (AvgIpc) is 2.93. The second kappa shape index (κ2) is 4.85. The standard InChI is InChI=1S/C12H12F3N4O3/c13-12(14,15)6-17-5-7(4-16-17)19-10(20)8-2-1-3-18(22)9(8)11(19)21/h1-5,10-11,20-22H,6H2/q+1. The van der Waals surface area contributed by atoms with E-state index in [4.69, 9.17) is 0 Å². The van der Waals surface area contributed by atoms with E-state index in [0.717, 1.165) is 17.3 Å². The molecule has 0 saturated carbocycles. The van der Waals surface area contributed by atoms with Crippen molar-refractivity contribution in [1.82, 2.24) is 9.78 Å². The molecule has 2 unspecified atom stereocenters. The molecule has 1 aliphatic rings. The number of aromatic nitrogens is 3. The summed E-state index contributed by atoms with van der Waals surface area (Å²) in [5.74, 6) is 0. The molecule has 0 aliphatic carbocycles. The number of alkyl halides is 3. The van der Waals surface area contributed by atoms with Gasteiger partial charge in [-0.25, -0.2) is 0 Å². The van der Waals surface area contributed by atoms with Crippen LogP contribution < -0.4 is 9.63 Å². The number of anilines is 1. The van der Waals surface area contributed by atoms with Crippen molar-refractivity contribution >= 4 is 5.69 Å². The van der Waals surface area contributed by atoms with Gasteiger partial charge in [0.05, 0.1) is 17.4 Å². The van der Waals surface area contributed by atoms with Crippen LogP contribution in [0.3, 0.4) is 0 Å². The van der Waals surface area contributed by atoms with Gasteiger partial charge in [0, 0.05) is 17.0 Å². The molecular weight excluding hydrogens is 305 g/mol. The van der Waals surface area contributed by atoms with Crippen LogP contribution in [0.5, 0.6) is 0 Å². The van der Waals surface area contributed by atoms with Gasteiger partial charge in [-0.3, -0.25) is 9.89 Å². The van der Waals surface area contributed by atoms with Crippen LogP contribution in [0.15, 0.2) is 30.7 Å². The average molecular weight is 317 g/mol. The molecule has 2 aromatic heterocycles. The Morgan fingerprint density at radius 2 is 2.00 bits per heavy atom. The molecule has 3 rings (SSSR count). The highest BCUT2D eigenvalue weighted by Gasteiger charge is 2.45. The molecule has 1 aliphatic heterocycles. The molecule has 0 bridgehead atoms. The van der Waals surface area contributed by atoms with Gasteiger partial charge >= 0.3 is 6.18 Å². The van der Waals surface area contributed by atoms with E-state index in [1.54, 1.807) is 0 Å². The molecule has 2 aromatic rings. The van der Waals surface area contributed by atoms with Gasteiger partial charge in [-0.15, -0.1) is 0 Å². The van der Waals surface area contributed by atoms with E-state index in [2.05, 4.69) is 5.10 Å². The van der Waals surface area contributed by atoms with Gasteiger partial charge in [-0.1, -0.05) is 0 Å². The van der Waals surface area contributed by atoms with Crippen LogP contribution in [0.1, 0.15) is 23.7 Å². The fourth-order valence-corrected chi connectivity index (χ4v) is 2.47. The monoisotopic (exact) mass is 317 g/mol. The van der Waals surface area contributed by atoms with Crippen LogP contribution in [-0.2, 0) is 6.54 Å². The second-order valence-electron chi connectivity index (χ2n) is 4.86. The summed E-state index contributed by atoms with van der Waals surface area (Å²) in [6.45, 7) is -1.28. The Balaban J connectivity index is 1.93. The first kappa shape index (κ1) is 14.6. The highest BCUT2D eigenvalue weighted by atomic mass is 19.4. The molecule has 22 heavy (non-hydrogen) atoms. The number of rotatable bonds is 2. The van der Waals surface area contributed by atoms with Gasteiger partial charge in [0.2, 0.25) is 12.4 Å². The van der Waals surface area contributed by atoms with Crippen LogP contribution in [0.4, 0.5) is 18.9 Å². The molecule has 0 aromatic carbocycles. The third-order valence-corrected chi connectivity index (χ3v) is 3.35. The number of halogens is 3. The number of hydrogen-bond acceptors (Lipinski definition) is 5. The van der Waals surface area contributed by atoms with Crippen LogP contribution in [0.2, 0.25) is 0 Å². The first-order valence-corrected chi connectivity index (χ1v) is 6.25. The van der Waals surface area contributed by atoms with E-state index < -0.39 is 25.2 Å². The van der Waals surface area contributed by atoms with Crippen molar-refractivity contribution in [1.29, 1.82) is 0 Å². The van der Waals surface area contributed by atoms with Crippen LogP contribution >= 0.6 is 0 Å². The van der Waals surface area contributed by atoms with Gasteiger partial charge in [0.1, 0.15) is 6.54 Å². The Hall–Kier alpha value is -2.33. The number of hydrogen-bond donors (Lipinski definition) is 3. The minimum Gasteiger partial charge on any atom is -0.369 e. The molecule has 0 radical (unpaired) electrons. The first-order chi connectivity index (χ1) is 10.3. The predicted octanol–water partition coefficient (Wildman–Crippen LogP) is 0.472. The lowest BCUT2D eigenvalue weighted by molar-refractivity contribution is -0.911. The van der Waals surface area contributed by atoms with Crippen molar-refractivity contribution in [2.45, 2.75) is 25.2 Å². The molecule has 0 amide bonds. The van der Waals surface area contributed by atoms with Crippen LogP contribution in [0, 0.1) is 0 Å². The number of aliphatic hydroxyl groups is 2. The second-order valence-corrected chi connectivity index (χ2v) is 4.86. The van der Waals surface area contributed by atoms with E-state index in [-0.39, 0.29) is 16.9 Å². The predicted molar refractivity (Wildman–Crippen MR) is 64.5 cm³/mol. The fraction of sp³-hybridized carbons (Fsp3) is 0.333. The highest BCUT2D eigenvalue weighted by Crippen LogP contribution is 2.40. The minimum absolute atomic E-state index is 0.0403. The molecule has 10 heteroatoms. The van der Waals surface area contributed by atoms with E-state index in [0.29, 0.717) is 9.41 Å². The molecular formula is C12H12F3N4O3+. The van der Waals surface area contributed by atoms with Crippen molar-refractivity contribution in [3.8, 4) is 0 Å². The molecule has 0 fully saturated rings. The molecule has 3 N–H and O–H groups in total. The van der Waals surface area contributed by atoms with E-state index in [1.807, 2.05) is 0 Å². The Morgan fingerprint density at radius 3 is 2.64 bits per heavy atom. The van der Waals surface area contributed by atoms with Crippen molar-refractivity contribution in [3.05, 3.63) is 42.0 Å². The molecule has 3 heterocycles. The normalized spacial score (nSPS) is 21.2. The molecule has 0 saturated heterocycles.